The largest absolute Gasteiger partial charge is 0.445 e. The van der Waals surface area contributed by atoms with Crippen molar-refractivity contribution in [2.75, 3.05) is 14.2 Å². The molecule has 1 N–H and O–H groups in total. The number of hydrogen-bond acceptors (Lipinski definition) is 5. The van der Waals surface area contributed by atoms with E-state index in [4.69, 9.17) is 9.57 Å². The number of benzene rings is 1. The smallest absolute Gasteiger partial charge is 0.408 e. The van der Waals surface area contributed by atoms with E-state index in [0.29, 0.717) is 6.42 Å². The molecule has 6 nitrogen and oxygen atoms in total. The second-order valence-electron chi connectivity index (χ2n) is 5.06. The molecule has 2 aromatic rings. The molecule has 24 heavy (non-hydrogen) atoms. The average molecular weight is 348 g/mol. The molecule has 0 fully saturated rings. The highest BCUT2D eigenvalue weighted by molar-refractivity contribution is 7.09. The van der Waals surface area contributed by atoms with Crippen LogP contribution in [0.2, 0.25) is 0 Å². The zero-order valence-corrected chi connectivity index (χ0v) is 14.4. The van der Waals surface area contributed by atoms with Crippen LogP contribution in [0, 0.1) is 0 Å². The van der Waals surface area contributed by atoms with Crippen molar-refractivity contribution in [1.82, 2.24) is 10.4 Å². The van der Waals surface area contributed by atoms with Gasteiger partial charge >= 0.3 is 6.09 Å². The van der Waals surface area contributed by atoms with Crippen LogP contribution < -0.4 is 5.32 Å². The molecule has 1 atom stereocenters. The van der Waals surface area contributed by atoms with Crippen molar-refractivity contribution >= 4 is 23.3 Å². The monoisotopic (exact) mass is 348 g/mol. The summed E-state index contributed by atoms with van der Waals surface area (Å²) in [6, 6.07) is 12.4. The Morgan fingerprint density at radius 2 is 1.96 bits per heavy atom. The maximum absolute atomic E-state index is 12.3. The normalized spacial score (nSPS) is 11.6. The van der Waals surface area contributed by atoms with E-state index in [1.807, 2.05) is 47.8 Å². The summed E-state index contributed by atoms with van der Waals surface area (Å²) in [5.74, 6) is -0.345. The van der Waals surface area contributed by atoms with Gasteiger partial charge in [0.25, 0.3) is 5.91 Å². The molecule has 2 rings (SSSR count). The second-order valence-corrected chi connectivity index (χ2v) is 6.09. The number of likely N-dealkylation sites (N-methyl/N-ethyl adjacent to an activating group) is 1. The number of ether oxygens (including phenoxy) is 1. The first-order chi connectivity index (χ1) is 11.6. The average Bonchev–Trinajstić information content (AvgIpc) is 3.12. The fourth-order valence-corrected chi connectivity index (χ4v) is 2.80. The van der Waals surface area contributed by atoms with E-state index >= 15 is 0 Å². The molecular formula is C17H20N2O4S. The number of nitrogens with zero attached hydrogens (tertiary/aromatic N) is 1. The minimum absolute atomic E-state index is 0.146. The van der Waals surface area contributed by atoms with Crippen LogP contribution in [-0.2, 0) is 27.4 Å². The molecule has 128 valence electrons. The zero-order chi connectivity index (χ0) is 17.4. The van der Waals surface area contributed by atoms with E-state index < -0.39 is 12.1 Å². The summed E-state index contributed by atoms with van der Waals surface area (Å²) >= 11 is 1.52. The van der Waals surface area contributed by atoms with Crippen LogP contribution in [0.25, 0.3) is 0 Å². The second kappa shape index (κ2) is 9.05. The summed E-state index contributed by atoms with van der Waals surface area (Å²) in [4.78, 5) is 30.3. The van der Waals surface area contributed by atoms with Gasteiger partial charge in [0.1, 0.15) is 12.6 Å². The van der Waals surface area contributed by atoms with E-state index in [1.54, 1.807) is 0 Å². The maximum Gasteiger partial charge on any atom is 0.408 e. The number of alkyl carbamates (subject to hydrolysis) is 1. The number of amides is 2. The van der Waals surface area contributed by atoms with Gasteiger partial charge in [0.2, 0.25) is 0 Å². The minimum Gasteiger partial charge on any atom is -0.445 e. The van der Waals surface area contributed by atoms with Gasteiger partial charge in [-0.25, -0.2) is 9.86 Å². The van der Waals surface area contributed by atoms with Gasteiger partial charge < -0.3 is 10.1 Å². The minimum atomic E-state index is -0.753. The summed E-state index contributed by atoms with van der Waals surface area (Å²) in [5, 5.41) is 5.63. The van der Waals surface area contributed by atoms with E-state index in [9.17, 15) is 9.59 Å². The van der Waals surface area contributed by atoms with Crippen molar-refractivity contribution in [2.45, 2.75) is 19.1 Å². The van der Waals surface area contributed by atoms with Gasteiger partial charge in [-0.05, 0) is 17.0 Å². The molecule has 0 aliphatic rings. The lowest BCUT2D eigenvalue weighted by Gasteiger charge is -2.22. The highest BCUT2D eigenvalue weighted by Crippen LogP contribution is 2.12. The Kier molecular flexibility index (Phi) is 6.77. The lowest BCUT2D eigenvalue weighted by Crippen LogP contribution is -2.48. The van der Waals surface area contributed by atoms with Crippen LogP contribution in [-0.4, -0.2) is 37.3 Å². The van der Waals surface area contributed by atoms with Gasteiger partial charge in [-0.2, -0.15) is 0 Å². The van der Waals surface area contributed by atoms with Crippen LogP contribution in [0.4, 0.5) is 4.79 Å². The molecule has 0 spiro atoms. The summed E-state index contributed by atoms with van der Waals surface area (Å²) < 4.78 is 5.18. The summed E-state index contributed by atoms with van der Waals surface area (Å²) in [7, 11) is 2.90. The number of carbonyl (C=O) groups excluding carboxylic acids is 2. The predicted molar refractivity (Wildman–Crippen MR) is 91.4 cm³/mol. The number of hydrogen-bond donors (Lipinski definition) is 1. The SMILES string of the molecule is CON(C)C(=O)[C@@H](Cc1cccs1)NC(=O)OCc1ccccc1. The Labute approximate surface area is 144 Å². The summed E-state index contributed by atoms with van der Waals surface area (Å²) in [6.07, 6.45) is -0.261. The van der Waals surface area contributed by atoms with Crippen molar-refractivity contribution in [3.05, 3.63) is 58.3 Å². The van der Waals surface area contributed by atoms with E-state index in [0.717, 1.165) is 15.5 Å². The number of hydroxylamine groups is 2. The summed E-state index contributed by atoms with van der Waals surface area (Å²) in [6.45, 7) is 0.146. The van der Waals surface area contributed by atoms with Crippen LogP contribution in [0.3, 0.4) is 0 Å². The Morgan fingerprint density at radius 1 is 1.21 bits per heavy atom. The zero-order valence-electron chi connectivity index (χ0n) is 13.6. The van der Waals surface area contributed by atoms with Crippen LogP contribution in [0.15, 0.2) is 47.8 Å². The molecule has 7 heteroatoms. The Bertz CT molecular complexity index is 646. The van der Waals surface area contributed by atoms with Gasteiger partial charge in [0.15, 0.2) is 0 Å². The molecule has 0 saturated carbocycles. The number of thiophene rings is 1. The predicted octanol–water partition coefficient (Wildman–Crippen LogP) is 2.61. The molecule has 1 aromatic heterocycles. The molecule has 0 saturated heterocycles. The Balaban J connectivity index is 1.95. The van der Waals surface area contributed by atoms with E-state index in [2.05, 4.69) is 5.32 Å². The third kappa shape index (κ3) is 5.36. The van der Waals surface area contributed by atoms with Gasteiger partial charge in [-0.1, -0.05) is 36.4 Å². The highest BCUT2D eigenvalue weighted by Gasteiger charge is 2.25. The molecule has 0 bridgehead atoms. The van der Waals surface area contributed by atoms with Crippen molar-refractivity contribution in [3.8, 4) is 0 Å². The first-order valence-corrected chi connectivity index (χ1v) is 8.29. The molecule has 0 aliphatic carbocycles. The number of nitrogens with one attached hydrogen (secondary N) is 1. The van der Waals surface area contributed by atoms with Crippen LogP contribution in [0.5, 0.6) is 0 Å². The molecular weight excluding hydrogens is 328 g/mol. The molecule has 0 aliphatic heterocycles. The Hall–Kier alpha value is -2.38. The standard InChI is InChI=1S/C17H20N2O4S/c1-19(22-2)16(20)15(11-14-9-6-10-24-14)18-17(21)23-12-13-7-4-3-5-8-13/h3-10,15H,11-12H2,1-2H3,(H,18,21)/t15-/m1/s1. The van der Waals surface area contributed by atoms with Crippen LogP contribution >= 0.6 is 11.3 Å². The number of rotatable bonds is 7. The van der Waals surface area contributed by atoms with Gasteiger partial charge in [-0.15, -0.1) is 11.3 Å². The third-order valence-corrected chi connectivity index (χ3v) is 4.27. The van der Waals surface area contributed by atoms with E-state index in [-0.39, 0.29) is 12.5 Å². The van der Waals surface area contributed by atoms with E-state index in [1.165, 1.54) is 25.5 Å². The van der Waals surface area contributed by atoms with Crippen LogP contribution in [0.1, 0.15) is 10.4 Å². The van der Waals surface area contributed by atoms with Crippen molar-refractivity contribution < 1.29 is 19.2 Å². The van der Waals surface area contributed by atoms with Crippen molar-refractivity contribution in [3.63, 3.8) is 0 Å². The molecule has 1 heterocycles. The first-order valence-electron chi connectivity index (χ1n) is 7.41. The van der Waals surface area contributed by atoms with Gasteiger partial charge in [-0.3, -0.25) is 9.63 Å². The maximum atomic E-state index is 12.3. The van der Waals surface area contributed by atoms with Gasteiger partial charge in [0.05, 0.1) is 7.11 Å². The Morgan fingerprint density at radius 3 is 2.58 bits per heavy atom. The first kappa shape index (κ1) is 18.0. The molecule has 0 radical (unpaired) electrons. The molecule has 1 aromatic carbocycles. The molecule has 0 unspecified atom stereocenters. The third-order valence-electron chi connectivity index (χ3n) is 3.37. The van der Waals surface area contributed by atoms with Crippen molar-refractivity contribution in [1.29, 1.82) is 0 Å². The topological polar surface area (TPSA) is 67.9 Å². The van der Waals surface area contributed by atoms with Gasteiger partial charge in [0, 0.05) is 18.3 Å². The molecule has 2 amide bonds. The highest BCUT2D eigenvalue weighted by atomic mass is 32.1. The number of carbonyl (C=O) groups is 2. The quantitative estimate of drug-likeness (QED) is 0.781. The fraction of sp³-hybridized carbons (Fsp3) is 0.294. The summed E-state index contributed by atoms with van der Waals surface area (Å²) in [5.41, 5.74) is 0.878. The fourth-order valence-electron chi connectivity index (χ4n) is 2.05. The van der Waals surface area contributed by atoms with Crippen molar-refractivity contribution in [2.24, 2.45) is 0 Å². The lowest BCUT2D eigenvalue weighted by molar-refractivity contribution is -0.170. The lowest BCUT2D eigenvalue weighted by atomic mass is 10.1.